The van der Waals surface area contributed by atoms with Crippen molar-refractivity contribution in [2.75, 3.05) is 32.8 Å². The molecule has 0 N–H and O–H groups in total. The summed E-state index contributed by atoms with van der Waals surface area (Å²) >= 11 is 3.51. The molecule has 32 heavy (non-hydrogen) atoms. The van der Waals surface area contributed by atoms with Gasteiger partial charge in [0.1, 0.15) is 6.61 Å². The molecule has 2 amide bonds. The number of hydrogen-bond acceptors (Lipinski definition) is 4. The topological polar surface area (TPSA) is 64.0 Å². The summed E-state index contributed by atoms with van der Waals surface area (Å²) < 4.78 is 14.6. The maximum Gasteiger partial charge on any atom is 0.267 e. The molecule has 1 aromatic heterocycles. The molecule has 3 heterocycles. The second-order valence-corrected chi connectivity index (χ2v) is 8.95. The third-order valence-corrected chi connectivity index (χ3v) is 6.52. The van der Waals surface area contributed by atoms with Crippen LogP contribution in [0, 0.1) is 0 Å². The number of hydrogen-bond donors (Lipinski definition) is 0. The number of aryl methyl sites for hydroxylation is 1. The Labute approximate surface area is 194 Å². The first kappa shape index (κ1) is 20.9. The highest BCUT2D eigenvalue weighted by Gasteiger charge is 2.33. The number of carbonyl (C=O) groups excluding carboxylic acids is 2. The number of amides is 2. The predicted octanol–water partition coefficient (Wildman–Crippen LogP) is 3.30. The van der Waals surface area contributed by atoms with Crippen LogP contribution in [0.1, 0.15) is 6.42 Å². The van der Waals surface area contributed by atoms with Crippen molar-refractivity contribution in [3.63, 3.8) is 0 Å². The van der Waals surface area contributed by atoms with Gasteiger partial charge in [-0.15, -0.1) is 0 Å². The summed E-state index contributed by atoms with van der Waals surface area (Å²) in [6.07, 6.45) is 1.81. The van der Waals surface area contributed by atoms with E-state index in [1.54, 1.807) is 11.0 Å². The zero-order valence-electron chi connectivity index (χ0n) is 17.6. The molecule has 0 saturated carbocycles. The summed E-state index contributed by atoms with van der Waals surface area (Å²) in [7, 11) is 0. The van der Waals surface area contributed by atoms with Crippen molar-refractivity contribution in [2.45, 2.75) is 19.1 Å². The lowest BCUT2D eigenvalue weighted by Crippen LogP contribution is -2.55. The second-order valence-electron chi connectivity index (χ2n) is 8.03. The van der Waals surface area contributed by atoms with E-state index in [1.807, 2.05) is 35.4 Å². The van der Waals surface area contributed by atoms with Crippen molar-refractivity contribution in [2.24, 2.45) is 0 Å². The van der Waals surface area contributed by atoms with E-state index in [0.29, 0.717) is 50.6 Å². The predicted molar refractivity (Wildman–Crippen MR) is 124 cm³/mol. The summed E-state index contributed by atoms with van der Waals surface area (Å²) in [4.78, 5) is 29.3. The number of halogens is 1. The van der Waals surface area contributed by atoms with Crippen molar-refractivity contribution in [1.82, 2.24) is 14.4 Å². The highest BCUT2D eigenvalue weighted by atomic mass is 79.9. The van der Waals surface area contributed by atoms with Gasteiger partial charge in [-0.1, -0.05) is 34.1 Å². The lowest BCUT2D eigenvalue weighted by atomic mass is 10.2. The molecule has 0 radical (unpaired) electrons. The molecule has 3 aromatic rings. The minimum Gasteiger partial charge on any atom is -0.485 e. The van der Waals surface area contributed by atoms with Gasteiger partial charge in [0.25, 0.3) is 5.91 Å². The van der Waals surface area contributed by atoms with E-state index >= 15 is 0 Å². The van der Waals surface area contributed by atoms with Crippen LogP contribution in [-0.4, -0.2) is 65.1 Å². The number of carbonyl (C=O) groups is 2. The van der Waals surface area contributed by atoms with Crippen LogP contribution in [0.25, 0.3) is 10.9 Å². The number of para-hydroxylation sites is 2. The van der Waals surface area contributed by atoms with Gasteiger partial charge in [0.05, 0.1) is 0 Å². The highest BCUT2D eigenvalue weighted by Crippen LogP contribution is 2.31. The van der Waals surface area contributed by atoms with E-state index in [0.717, 1.165) is 15.4 Å². The van der Waals surface area contributed by atoms with Crippen LogP contribution in [-0.2, 0) is 16.1 Å². The van der Waals surface area contributed by atoms with Gasteiger partial charge in [0, 0.05) is 55.3 Å². The molecular weight excluding hydrogens is 474 g/mol. The summed E-state index contributed by atoms with van der Waals surface area (Å²) in [5.74, 6) is 1.28. The highest BCUT2D eigenvalue weighted by molar-refractivity contribution is 9.10. The molecule has 1 fully saturated rings. The van der Waals surface area contributed by atoms with E-state index in [-0.39, 0.29) is 18.4 Å². The summed E-state index contributed by atoms with van der Waals surface area (Å²) in [5, 5.41) is 1.16. The minimum atomic E-state index is -0.645. The molecule has 0 bridgehead atoms. The Morgan fingerprint density at radius 2 is 1.72 bits per heavy atom. The minimum absolute atomic E-state index is 0.0870. The third kappa shape index (κ3) is 4.19. The molecule has 0 aliphatic carbocycles. The maximum absolute atomic E-state index is 12.9. The zero-order chi connectivity index (χ0) is 22.1. The van der Waals surface area contributed by atoms with Gasteiger partial charge in [0.15, 0.2) is 11.5 Å². The van der Waals surface area contributed by atoms with E-state index in [1.165, 1.54) is 0 Å². The Bertz CT molecular complexity index is 1150. The van der Waals surface area contributed by atoms with Gasteiger partial charge in [-0.2, -0.15) is 0 Å². The summed E-state index contributed by atoms with van der Waals surface area (Å²) in [6.45, 7) is 2.91. The Morgan fingerprint density at radius 1 is 0.969 bits per heavy atom. The lowest BCUT2D eigenvalue weighted by Gasteiger charge is -2.37. The number of nitrogens with zero attached hydrogens (tertiary/aromatic N) is 3. The molecule has 8 heteroatoms. The van der Waals surface area contributed by atoms with Crippen molar-refractivity contribution in [3.8, 4) is 11.5 Å². The van der Waals surface area contributed by atoms with Gasteiger partial charge >= 0.3 is 0 Å². The van der Waals surface area contributed by atoms with Crippen molar-refractivity contribution >= 4 is 38.6 Å². The van der Waals surface area contributed by atoms with E-state index in [2.05, 4.69) is 38.7 Å². The normalized spacial score (nSPS) is 18.1. The lowest BCUT2D eigenvalue weighted by molar-refractivity contribution is -0.146. The molecule has 0 spiro atoms. The summed E-state index contributed by atoms with van der Waals surface area (Å²) in [6, 6.07) is 15.6. The van der Waals surface area contributed by atoms with Gasteiger partial charge in [-0.3, -0.25) is 9.59 Å². The Balaban J connectivity index is 1.13. The van der Waals surface area contributed by atoms with Gasteiger partial charge in [-0.25, -0.2) is 0 Å². The van der Waals surface area contributed by atoms with Crippen LogP contribution in [0.2, 0.25) is 0 Å². The standard InChI is InChI=1S/C24H24BrN3O4/c25-18-6-5-17-7-9-26(19(17)15-18)10-8-23(29)27-11-13-28(14-12-27)24(30)22-16-31-20-3-1-2-4-21(20)32-22/h1-7,9,15,22H,8,10-14,16H2/t22-/m1/s1. The number of fused-ring (bicyclic) bond motifs is 2. The first-order valence-electron chi connectivity index (χ1n) is 10.8. The number of rotatable bonds is 4. The molecular formula is C24H24BrN3O4. The monoisotopic (exact) mass is 497 g/mol. The van der Waals surface area contributed by atoms with Crippen molar-refractivity contribution < 1.29 is 19.1 Å². The van der Waals surface area contributed by atoms with Crippen LogP contribution in [0.15, 0.2) is 59.2 Å². The fourth-order valence-electron chi connectivity index (χ4n) is 4.25. The van der Waals surface area contributed by atoms with E-state index in [9.17, 15) is 9.59 Å². The smallest absolute Gasteiger partial charge is 0.267 e. The Hall–Kier alpha value is -3.00. The number of ether oxygens (including phenoxy) is 2. The number of benzene rings is 2. The molecule has 1 saturated heterocycles. The van der Waals surface area contributed by atoms with E-state index in [4.69, 9.17) is 9.47 Å². The molecule has 0 unspecified atom stereocenters. The quantitative estimate of drug-likeness (QED) is 0.554. The Kier molecular flexibility index (Phi) is 5.78. The molecule has 5 rings (SSSR count). The van der Waals surface area contributed by atoms with Crippen LogP contribution in [0.3, 0.4) is 0 Å². The van der Waals surface area contributed by atoms with Crippen LogP contribution >= 0.6 is 15.9 Å². The molecule has 2 aliphatic rings. The Morgan fingerprint density at radius 3 is 2.53 bits per heavy atom. The average Bonchev–Trinajstić information content (AvgIpc) is 3.23. The molecule has 1 atom stereocenters. The number of piperazine rings is 1. The van der Waals surface area contributed by atoms with Gasteiger partial charge in [0.2, 0.25) is 12.0 Å². The van der Waals surface area contributed by atoms with Crippen molar-refractivity contribution in [3.05, 3.63) is 59.2 Å². The van der Waals surface area contributed by atoms with Gasteiger partial charge in [-0.05, 0) is 35.7 Å². The van der Waals surface area contributed by atoms with Crippen LogP contribution in [0.4, 0.5) is 0 Å². The molecule has 7 nitrogen and oxygen atoms in total. The largest absolute Gasteiger partial charge is 0.485 e. The fraction of sp³-hybridized carbons (Fsp3) is 0.333. The second kappa shape index (κ2) is 8.86. The van der Waals surface area contributed by atoms with Crippen LogP contribution in [0.5, 0.6) is 11.5 Å². The fourth-order valence-corrected chi connectivity index (χ4v) is 4.60. The van der Waals surface area contributed by atoms with E-state index < -0.39 is 6.10 Å². The first-order valence-corrected chi connectivity index (χ1v) is 11.6. The van der Waals surface area contributed by atoms with Crippen LogP contribution < -0.4 is 9.47 Å². The zero-order valence-corrected chi connectivity index (χ0v) is 19.2. The first-order chi connectivity index (χ1) is 15.6. The SMILES string of the molecule is O=C(CCn1ccc2ccc(Br)cc21)N1CCN(C(=O)[C@H]2COc3ccccc3O2)CC1. The molecule has 2 aliphatic heterocycles. The van der Waals surface area contributed by atoms with Crippen molar-refractivity contribution in [1.29, 1.82) is 0 Å². The third-order valence-electron chi connectivity index (χ3n) is 6.03. The molecule has 166 valence electrons. The summed E-state index contributed by atoms with van der Waals surface area (Å²) in [5.41, 5.74) is 1.11. The number of aromatic nitrogens is 1. The maximum atomic E-state index is 12.9. The van der Waals surface area contributed by atoms with Gasteiger partial charge < -0.3 is 23.8 Å². The molecule has 2 aromatic carbocycles. The average molecular weight is 498 g/mol.